The minimum atomic E-state index is -0.699. The Bertz CT molecular complexity index is 832. The lowest BCUT2D eigenvalue weighted by atomic mass is 10.1. The van der Waals surface area contributed by atoms with Crippen molar-refractivity contribution in [2.75, 3.05) is 6.54 Å². The highest BCUT2D eigenvalue weighted by molar-refractivity contribution is 5.47. The second kappa shape index (κ2) is 7.25. The number of pyridine rings is 1. The van der Waals surface area contributed by atoms with E-state index in [0.29, 0.717) is 13.2 Å². The van der Waals surface area contributed by atoms with Gasteiger partial charge in [0.2, 0.25) is 0 Å². The molecule has 0 saturated carbocycles. The molecule has 1 aromatic carbocycles. The monoisotopic (exact) mass is 339 g/mol. The fourth-order valence-electron chi connectivity index (χ4n) is 2.65. The summed E-state index contributed by atoms with van der Waals surface area (Å²) in [5, 5.41) is 12.9. The fraction of sp³-hybridized carbons (Fsp3) is 0.350. The fourth-order valence-corrected chi connectivity index (χ4v) is 2.65. The second-order valence-corrected chi connectivity index (χ2v) is 7.00. The van der Waals surface area contributed by atoms with Crippen LogP contribution in [0.15, 0.2) is 48.8 Å². The van der Waals surface area contributed by atoms with Crippen molar-refractivity contribution < 1.29 is 9.84 Å². The highest BCUT2D eigenvalue weighted by Crippen LogP contribution is 2.15. The van der Waals surface area contributed by atoms with Gasteiger partial charge < -0.3 is 19.6 Å². The van der Waals surface area contributed by atoms with Crippen LogP contribution in [0.4, 0.5) is 0 Å². The van der Waals surface area contributed by atoms with Crippen LogP contribution >= 0.6 is 0 Å². The zero-order valence-corrected chi connectivity index (χ0v) is 15.0. The smallest absolute Gasteiger partial charge is 0.140 e. The molecule has 2 heterocycles. The van der Waals surface area contributed by atoms with E-state index in [2.05, 4.69) is 23.3 Å². The van der Waals surface area contributed by atoms with Crippen LogP contribution in [0, 0.1) is 6.92 Å². The van der Waals surface area contributed by atoms with Crippen LogP contribution in [-0.2, 0) is 13.2 Å². The summed E-state index contributed by atoms with van der Waals surface area (Å²) in [5.41, 5.74) is 3.48. The van der Waals surface area contributed by atoms with Gasteiger partial charge in [0.05, 0.1) is 11.3 Å². The molecule has 0 bridgehead atoms. The molecule has 0 aliphatic heterocycles. The summed E-state index contributed by atoms with van der Waals surface area (Å²) in [5.74, 6) is 0.819. The SMILES string of the molecule is Cc1cccn2cc(COc3ccc(CNCC(C)(C)O)cc3)nc12. The summed E-state index contributed by atoms with van der Waals surface area (Å²) in [6.07, 6.45) is 3.99. The van der Waals surface area contributed by atoms with Gasteiger partial charge in [-0.15, -0.1) is 0 Å². The second-order valence-electron chi connectivity index (χ2n) is 7.00. The molecule has 25 heavy (non-hydrogen) atoms. The Morgan fingerprint density at radius 3 is 2.64 bits per heavy atom. The van der Waals surface area contributed by atoms with Crippen LogP contribution in [0.2, 0.25) is 0 Å². The zero-order valence-electron chi connectivity index (χ0n) is 15.0. The van der Waals surface area contributed by atoms with Crippen LogP contribution in [0.1, 0.15) is 30.7 Å². The lowest BCUT2D eigenvalue weighted by Crippen LogP contribution is -2.34. The average molecular weight is 339 g/mol. The number of rotatable bonds is 7. The summed E-state index contributed by atoms with van der Waals surface area (Å²) in [6, 6.07) is 12.0. The van der Waals surface area contributed by atoms with E-state index in [1.165, 1.54) is 0 Å². The number of hydrogen-bond donors (Lipinski definition) is 2. The van der Waals surface area contributed by atoms with Gasteiger partial charge >= 0.3 is 0 Å². The molecular weight excluding hydrogens is 314 g/mol. The maximum atomic E-state index is 9.70. The molecular formula is C20H25N3O2. The molecule has 2 N–H and O–H groups in total. The van der Waals surface area contributed by atoms with Crippen molar-refractivity contribution in [3.8, 4) is 5.75 Å². The highest BCUT2D eigenvalue weighted by Gasteiger charge is 2.11. The lowest BCUT2D eigenvalue weighted by molar-refractivity contribution is 0.0795. The molecule has 5 heteroatoms. The number of ether oxygens (including phenoxy) is 1. The Morgan fingerprint density at radius 2 is 1.96 bits per heavy atom. The Morgan fingerprint density at radius 1 is 1.20 bits per heavy atom. The Kier molecular flexibility index (Phi) is 5.06. The third kappa shape index (κ3) is 4.81. The molecule has 0 aliphatic rings. The maximum Gasteiger partial charge on any atom is 0.140 e. The molecule has 0 atom stereocenters. The van der Waals surface area contributed by atoms with Crippen LogP contribution < -0.4 is 10.1 Å². The molecule has 2 aromatic heterocycles. The van der Waals surface area contributed by atoms with E-state index in [1.54, 1.807) is 13.8 Å². The van der Waals surface area contributed by atoms with Crippen molar-refractivity contribution >= 4 is 5.65 Å². The van der Waals surface area contributed by atoms with Gasteiger partial charge in [-0.05, 0) is 50.1 Å². The number of imidazole rings is 1. The molecule has 3 aromatic rings. The van der Waals surface area contributed by atoms with Crippen LogP contribution in [0.5, 0.6) is 5.75 Å². The molecule has 132 valence electrons. The van der Waals surface area contributed by atoms with E-state index in [0.717, 1.165) is 34.8 Å². The largest absolute Gasteiger partial charge is 0.487 e. The predicted molar refractivity (Wildman–Crippen MR) is 98.7 cm³/mol. The topological polar surface area (TPSA) is 58.8 Å². The standard InChI is InChI=1S/C20H25N3O2/c1-15-5-4-10-23-12-17(22-19(15)23)13-25-18-8-6-16(7-9-18)11-21-14-20(2,3)24/h4-10,12,21,24H,11,13-14H2,1-3H3. The van der Waals surface area contributed by atoms with Crippen molar-refractivity contribution in [3.05, 3.63) is 65.6 Å². The molecule has 0 unspecified atom stereocenters. The van der Waals surface area contributed by atoms with Crippen molar-refractivity contribution in [3.63, 3.8) is 0 Å². The third-order valence-electron chi connectivity index (χ3n) is 3.92. The van der Waals surface area contributed by atoms with Gasteiger partial charge in [0.15, 0.2) is 0 Å². The van der Waals surface area contributed by atoms with Crippen molar-refractivity contribution in [1.29, 1.82) is 0 Å². The normalized spacial score (nSPS) is 11.8. The van der Waals surface area contributed by atoms with E-state index < -0.39 is 5.60 Å². The van der Waals surface area contributed by atoms with Crippen LogP contribution in [-0.4, -0.2) is 26.6 Å². The van der Waals surface area contributed by atoms with Gasteiger partial charge in [-0.2, -0.15) is 0 Å². The first-order chi connectivity index (χ1) is 11.9. The molecule has 0 aliphatic carbocycles. The zero-order chi connectivity index (χ0) is 17.9. The van der Waals surface area contributed by atoms with E-state index >= 15 is 0 Å². The minimum Gasteiger partial charge on any atom is -0.487 e. The van der Waals surface area contributed by atoms with Gasteiger partial charge in [0.25, 0.3) is 0 Å². The number of aliphatic hydroxyl groups is 1. The predicted octanol–water partition coefficient (Wildman–Crippen LogP) is 3.08. The van der Waals surface area contributed by atoms with E-state index in [4.69, 9.17) is 4.74 Å². The van der Waals surface area contributed by atoms with E-state index in [9.17, 15) is 5.11 Å². The van der Waals surface area contributed by atoms with Gasteiger partial charge in [-0.3, -0.25) is 0 Å². The summed E-state index contributed by atoms with van der Waals surface area (Å²) in [4.78, 5) is 4.61. The maximum absolute atomic E-state index is 9.70. The summed E-state index contributed by atoms with van der Waals surface area (Å²) < 4.78 is 7.86. The lowest BCUT2D eigenvalue weighted by Gasteiger charge is -2.17. The summed E-state index contributed by atoms with van der Waals surface area (Å²) >= 11 is 0. The first kappa shape index (κ1) is 17.5. The molecule has 5 nitrogen and oxygen atoms in total. The number of fused-ring (bicyclic) bond motifs is 1. The number of benzene rings is 1. The quantitative estimate of drug-likeness (QED) is 0.694. The van der Waals surface area contributed by atoms with E-state index in [-0.39, 0.29) is 0 Å². The molecule has 3 rings (SSSR count). The number of nitrogens with zero attached hydrogens (tertiary/aromatic N) is 2. The Hall–Kier alpha value is -2.37. The average Bonchev–Trinajstić information content (AvgIpc) is 2.98. The van der Waals surface area contributed by atoms with Crippen molar-refractivity contribution in [1.82, 2.24) is 14.7 Å². The molecule has 0 fully saturated rings. The highest BCUT2D eigenvalue weighted by atomic mass is 16.5. The van der Waals surface area contributed by atoms with Gasteiger partial charge in [-0.25, -0.2) is 4.98 Å². The minimum absolute atomic E-state index is 0.442. The number of nitrogens with one attached hydrogen (secondary N) is 1. The molecule has 0 saturated heterocycles. The van der Waals surface area contributed by atoms with Crippen LogP contribution in [0.25, 0.3) is 5.65 Å². The number of aromatic nitrogens is 2. The first-order valence-electron chi connectivity index (χ1n) is 8.49. The number of aryl methyl sites for hydroxylation is 1. The molecule has 0 amide bonds. The van der Waals surface area contributed by atoms with E-state index in [1.807, 2.05) is 47.1 Å². The molecule has 0 spiro atoms. The van der Waals surface area contributed by atoms with Gasteiger partial charge in [-0.1, -0.05) is 18.2 Å². The third-order valence-corrected chi connectivity index (χ3v) is 3.92. The Balaban J connectivity index is 1.55. The number of hydrogen-bond acceptors (Lipinski definition) is 4. The van der Waals surface area contributed by atoms with Gasteiger partial charge in [0, 0.05) is 25.5 Å². The van der Waals surface area contributed by atoms with Crippen molar-refractivity contribution in [2.24, 2.45) is 0 Å². The summed E-state index contributed by atoms with van der Waals surface area (Å²) in [6.45, 7) is 7.35. The molecule has 0 radical (unpaired) electrons. The first-order valence-corrected chi connectivity index (χ1v) is 8.49. The summed E-state index contributed by atoms with van der Waals surface area (Å²) in [7, 11) is 0. The van der Waals surface area contributed by atoms with Crippen molar-refractivity contribution in [2.45, 2.75) is 39.5 Å². The van der Waals surface area contributed by atoms with Crippen LogP contribution in [0.3, 0.4) is 0 Å². The Labute approximate surface area is 148 Å². The van der Waals surface area contributed by atoms with Gasteiger partial charge in [0.1, 0.15) is 18.0 Å².